The number of anilines is 2. The number of halogens is 2. The molecule has 5 heterocycles. The molecule has 0 aliphatic carbocycles. The summed E-state index contributed by atoms with van der Waals surface area (Å²) in [4.78, 5) is 31.1. The van der Waals surface area contributed by atoms with E-state index in [0.717, 1.165) is 92.1 Å². The minimum atomic E-state index is -1.02. The number of piperidine rings is 1. The van der Waals surface area contributed by atoms with Crippen molar-refractivity contribution in [2.24, 2.45) is 0 Å². The first kappa shape index (κ1) is 32.6. The number of likely N-dealkylation sites (tertiary alicyclic amines) is 1. The van der Waals surface area contributed by atoms with Gasteiger partial charge in [-0.1, -0.05) is 42.4 Å². The Morgan fingerprint density at radius 2 is 1.81 bits per heavy atom. The lowest BCUT2D eigenvalue weighted by molar-refractivity contribution is -0.131. The third-order valence-corrected chi connectivity index (χ3v) is 10.6. The Labute approximate surface area is 285 Å². The van der Waals surface area contributed by atoms with Gasteiger partial charge in [-0.2, -0.15) is 15.2 Å². The molecule has 3 aromatic rings. The number of aromatic nitrogens is 2. The Bertz CT molecular complexity index is 1710. The largest absolute Gasteiger partial charge is 0.460 e. The first-order chi connectivity index (χ1) is 23.4. The molecule has 0 spiro atoms. The Kier molecular flexibility index (Phi) is 9.66. The van der Waals surface area contributed by atoms with E-state index in [1.807, 2.05) is 12.1 Å². The van der Waals surface area contributed by atoms with Crippen LogP contribution in [0.2, 0.25) is 5.02 Å². The van der Waals surface area contributed by atoms with Crippen LogP contribution in [0, 0.1) is 11.3 Å². The van der Waals surface area contributed by atoms with Gasteiger partial charge < -0.3 is 24.2 Å². The molecule has 0 unspecified atom stereocenters. The fourth-order valence-corrected chi connectivity index (χ4v) is 8.04. The van der Waals surface area contributed by atoms with Crippen LogP contribution >= 0.6 is 11.6 Å². The summed E-state index contributed by atoms with van der Waals surface area (Å²) in [5, 5.41) is 12.4. The monoisotopic (exact) mass is 673 g/mol. The molecule has 2 aromatic carbocycles. The van der Waals surface area contributed by atoms with Gasteiger partial charge in [0.25, 0.3) is 5.91 Å². The second-order valence-electron chi connectivity index (χ2n) is 13.1. The van der Waals surface area contributed by atoms with Crippen molar-refractivity contribution in [2.75, 3.05) is 62.3 Å². The smallest absolute Gasteiger partial charge is 0.318 e. The zero-order chi connectivity index (χ0) is 33.2. The normalized spacial score (nSPS) is 21.2. The summed E-state index contributed by atoms with van der Waals surface area (Å²) in [6, 6.07) is 14.8. The minimum absolute atomic E-state index is 0.0000643. The van der Waals surface area contributed by atoms with Crippen molar-refractivity contribution in [2.45, 2.75) is 63.3 Å². The average molecular weight is 674 g/mol. The number of hydrogen-bond donors (Lipinski definition) is 0. The molecule has 3 saturated heterocycles. The van der Waals surface area contributed by atoms with Gasteiger partial charge >= 0.3 is 6.01 Å². The third-order valence-electron chi connectivity index (χ3n) is 10.3. The summed E-state index contributed by atoms with van der Waals surface area (Å²) in [5.74, 6) is -1.02. The molecule has 3 fully saturated rings. The maximum atomic E-state index is 13.9. The first-order valence-corrected chi connectivity index (χ1v) is 17.3. The van der Waals surface area contributed by atoms with Crippen molar-refractivity contribution >= 4 is 39.8 Å². The molecule has 0 N–H and O–H groups in total. The Balaban J connectivity index is 1.17. The molecule has 7 rings (SSSR count). The number of fused-ring (bicyclic) bond motifs is 2. The molecule has 1 amide bonds. The molecular formula is C36H41ClFN7O3. The second-order valence-corrected chi connectivity index (χ2v) is 13.5. The zero-order valence-electron chi connectivity index (χ0n) is 27.1. The van der Waals surface area contributed by atoms with Gasteiger partial charge in [-0.15, -0.1) is 0 Å². The van der Waals surface area contributed by atoms with Gasteiger partial charge in [-0.3, -0.25) is 9.69 Å². The van der Waals surface area contributed by atoms with Crippen LogP contribution in [0.5, 0.6) is 6.01 Å². The lowest BCUT2D eigenvalue weighted by atomic mass is 10.0. The standard InChI is InChI=1S/C36H41ClFN7O3/c1-24(38)35(46)45-19-18-44(22-27(45)8-14-39)34-29-11-17-43(32-7-3-5-25-4-2-6-30(37)33(25)32)23-31(29)40-36(41-34)48-28-9-15-42(16-10-28)26-12-20-47-21-13-26/h2-7,26-28H,1,8-13,15-23H2/t27-/m0/s1. The predicted octanol–water partition coefficient (Wildman–Crippen LogP) is 5.28. The van der Waals surface area contributed by atoms with Gasteiger partial charge in [-0.05, 0) is 49.6 Å². The zero-order valence-corrected chi connectivity index (χ0v) is 27.9. The topological polar surface area (TPSA) is 98.1 Å². The van der Waals surface area contributed by atoms with Crippen LogP contribution in [0.1, 0.15) is 43.4 Å². The highest BCUT2D eigenvalue weighted by atomic mass is 35.5. The maximum Gasteiger partial charge on any atom is 0.318 e. The highest BCUT2D eigenvalue weighted by Crippen LogP contribution is 2.37. The molecule has 0 bridgehead atoms. The van der Waals surface area contributed by atoms with Gasteiger partial charge in [0, 0.05) is 75.2 Å². The number of carbonyl (C=O) groups excluding carboxylic acids is 1. The molecule has 48 heavy (non-hydrogen) atoms. The van der Waals surface area contributed by atoms with Gasteiger partial charge in [-0.25, -0.2) is 4.39 Å². The Hall–Kier alpha value is -3.98. The molecule has 252 valence electrons. The highest BCUT2D eigenvalue weighted by Gasteiger charge is 2.35. The van der Waals surface area contributed by atoms with E-state index in [4.69, 9.17) is 31.0 Å². The van der Waals surface area contributed by atoms with E-state index >= 15 is 0 Å². The van der Waals surface area contributed by atoms with Crippen LogP contribution in [-0.4, -0.2) is 96.3 Å². The number of nitrogens with zero attached hydrogens (tertiary/aromatic N) is 7. The van der Waals surface area contributed by atoms with Crippen LogP contribution in [0.3, 0.4) is 0 Å². The number of ether oxygens (including phenoxy) is 2. The maximum absolute atomic E-state index is 13.9. The summed E-state index contributed by atoms with van der Waals surface area (Å²) < 4.78 is 26.0. The van der Waals surface area contributed by atoms with E-state index in [2.05, 4.69) is 51.6 Å². The molecule has 0 radical (unpaired) electrons. The average Bonchev–Trinajstić information content (AvgIpc) is 3.11. The SMILES string of the molecule is C=C(F)C(=O)N1CCN(c2nc(OC3CCN(C4CCOCC4)CC3)nc3c2CCN(c2cccc4cccc(Cl)c24)C3)C[C@@H]1CC#N. The van der Waals surface area contributed by atoms with Gasteiger partial charge in [0.15, 0.2) is 5.83 Å². The number of amides is 1. The van der Waals surface area contributed by atoms with Crippen molar-refractivity contribution in [3.05, 3.63) is 65.1 Å². The van der Waals surface area contributed by atoms with Crippen molar-refractivity contribution in [1.82, 2.24) is 19.8 Å². The van der Waals surface area contributed by atoms with E-state index in [0.29, 0.717) is 43.1 Å². The van der Waals surface area contributed by atoms with Crippen LogP contribution in [-0.2, 0) is 22.5 Å². The van der Waals surface area contributed by atoms with E-state index in [1.54, 1.807) is 0 Å². The quantitative estimate of drug-likeness (QED) is 0.310. The summed E-state index contributed by atoms with van der Waals surface area (Å²) in [6.07, 6.45) is 4.71. The molecule has 4 aliphatic rings. The van der Waals surface area contributed by atoms with Crippen LogP contribution in [0.15, 0.2) is 48.8 Å². The van der Waals surface area contributed by atoms with E-state index < -0.39 is 17.8 Å². The lowest BCUT2D eigenvalue weighted by Crippen LogP contribution is -2.55. The minimum Gasteiger partial charge on any atom is -0.460 e. The molecule has 1 aromatic heterocycles. The van der Waals surface area contributed by atoms with Crippen LogP contribution in [0.25, 0.3) is 10.8 Å². The van der Waals surface area contributed by atoms with Gasteiger partial charge in [0.2, 0.25) is 0 Å². The molecule has 12 heteroatoms. The number of hydrogen-bond acceptors (Lipinski definition) is 9. The molecule has 1 atom stereocenters. The van der Waals surface area contributed by atoms with E-state index in [-0.39, 0.29) is 19.1 Å². The van der Waals surface area contributed by atoms with E-state index in [9.17, 15) is 14.4 Å². The van der Waals surface area contributed by atoms with Crippen molar-refractivity contribution < 1.29 is 18.7 Å². The molecule has 10 nitrogen and oxygen atoms in total. The Morgan fingerprint density at radius 1 is 1.04 bits per heavy atom. The number of benzene rings is 2. The second kappa shape index (κ2) is 14.2. The summed E-state index contributed by atoms with van der Waals surface area (Å²) >= 11 is 6.73. The van der Waals surface area contributed by atoms with E-state index in [1.165, 1.54) is 4.90 Å². The molecular weight excluding hydrogens is 633 g/mol. The number of nitriles is 1. The number of carbonyl (C=O) groups is 1. The van der Waals surface area contributed by atoms with Gasteiger partial charge in [0.05, 0.1) is 35.8 Å². The Morgan fingerprint density at radius 3 is 2.56 bits per heavy atom. The summed E-state index contributed by atoms with van der Waals surface area (Å²) in [7, 11) is 0. The first-order valence-electron chi connectivity index (χ1n) is 17.0. The van der Waals surface area contributed by atoms with Crippen LogP contribution in [0.4, 0.5) is 15.9 Å². The van der Waals surface area contributed by atoms with Crippen molar-refractivity contribution in [3.8, 4) is 12.1 Å². The predicted molar refractivity (Wildman–Crippen MR) is 183 cm³/mol. The van der Waals surface area contributed by atoms with Crippen molar-refractivity contribution in [3.63, 3.8) is 0 Å². The summed E-state index contributed by atoms with van der Waals surface area (Å²) in [5.41, 5.74) is 2.97. The van der Waals surface area contributed by atoms with Crippen LogP contribution < -0.4 is 14.5 Å². The third kappa shape index (κ3) is 6.66. The lowest BCUT2D eigenvalue weighted by Gasteiger charge is -2.42. The highest BCUT2D eigenvalue weighted by molar-refractivity contribution is 6.36. The summed E-state index contributed by atoms with van der Waals surface area (Å²) in [6.45, 7) is 9.13. The number of rotatable bonds is 7. The molecule has 4 aliphatic heterocycles. The van der Waals surface area contributed by atoms with Gasteiger partial charge in [0.1, 0.15) is 11.9 Å². The number of piperazine rings is 1. The molecule has 0 saturated carbocycles. The van der Waals surface area contributed by atoms with Crippen molar-refractivity contribution in [1.29, 1.82) is 5.26 Å². The fraction of sp³-hybridized carbons (Fsp3) is 0.500. The fourth-order valence-electron chi connectivity index (χ4n) is 7.76.